The third-order valence-electron chi connectivity index (χ3n) is 2.96. The van der Waals surface area contributed by atoms with Crippen LogP contribution in [0.15, 0.2) is 47.4 Å². The van der Waals surface area contributed by atoms with Crippen molar-refractivity contribution in [3.63, 3.8) is 0 Å². The van der Waals surface area contributed by atoms with Crippen LogP contribution in [0.4, 0.5) is 0 Å². The average molecular weight is 307 g/mol. The van der Waals surface area contributed by atoms with Crippen LogP contribution in [-0.2, 0) is 0 Å². The Hall–Kier alpha value is -1.23. The summed E-state index contributed by atoms with van der Waals surface area (Å²) in [5.41, 5.74) is 3.05. The number of hydrogen-bond donors (Lipinski definition) is 1. The van der Waals surface area contributed by atoms with Crippen LogP contribution in [0.25, 0.3) is 16.7 Å². The summed E-state index contributed by atoms with van der Waals surface area (Å²) < 4.78 is 2.70. The smallest absolute Gasteiger partial charge is 0.182 e. The van der Waals surface area contributed by atoms with E-state index in [0.717, 1.165) is 16.7 Å². The quantitative estimate of drug-likeness (QED) is 0.527. The zero-order valence-electron chi connectivity index (χ0n) is 10.2. The van der Waals surface area contributed by atoms with Crippen LogP contribution in [0.1, 0.15) is 0 Å². The molecule has 2 nitrogen and oxygen atoms in total. The molecule has 3 rings (SSSR count). The molecule has 0 saturated carbocycles. The molecule has 96 valence electrons. The Labute approximate surface area is 125 Å². The van der Waals surface area contributed by atoms with E-state index in [1.54, 1.807) is 11.8 Å². The molecule has 2 aromatic carbocycles. The number of rotatable bonds is 2. The van der Waals surface area contributed by atoms with E-state index in [1.165, 1.54) is 4.90 Å². The molecule has 0 aliphatic heterocycles. The van der Waals surface area contributed by atoms with E-state index in [2.05, 4.69) is 29.4 Å². The van der Waals surface area contributed by atoms with Crippen molar-refractivity contribution in [2.45, 2.75) is 4.90 Å². The number of aromatic amines is 1. The summed E-state index contributed by atoms with van der Waals surface area (Å²) in [5, 5.41) is 0.703. The van der Waals surface area contributed by atoms with Crippen molar-refractivity contribution >= 4 is 46.6 Å². The lowest BCUT2D eigenvalue weighted by Gasteiger charge is -2.06. The first-order valence-corrected chi connectivity index (χ1v) is 7.75. The third kappa shape index (κ3) is 2.31. The van der Waals surface area contributed by atoms with E-state index in [4.69, 9.17) is 23.8 Å². The number of H-pyrrole nitrogens is 1. The molecule has 0 aliphatic carbocycles. The summed E-state index contributed by atoms with van der Waals surface area (Å²) in [6.07, 6.45) is 2.06. The van der Waals surface area contributed by atoms with Gasteiger partial charge in [-0.2, -0.15) is 0 Å². The van der Waals surface area contributed by atoms with Crippen LogP contribution in [0, 0.1) is 4.77 Å². The molecule has 0 radical (unpaired) electrons. The van der Waals surface area contributed by atoms with Gasteiger partial charge in [-0.15, -0.1) is 11.8 Å². The molecule has 0 amide bonds. The summed E-state index contributed by atoms with van der Waals surface area (Å²) in [5.74, 6) is 0. The number of halogens is 1. The summed E-state index contributed by atoms with van der Waals surface area (Å²) in [6, 6.07) is 14.1. The van der Waals surface area contributed by atoms with Gasteiger partial charge in [0.05, 0.1) is 11.0 Å². The highest BCUT2D eigenvalue weighted by Gasteiger charge is 2.07. The first kappa shape index (κ1) is 12.8. The highest BCUT2D eigenvalue weighted by molar-refractivity contribution is 7.98. The molecule has 0 bridgehead atoms. The highest BCUT2D eigenvalue weighted by atomic mass is 35.5. The molecule has 1 heterocycles. The molecular formula is C14H11ClN2S2. The molecule has 1 N–H and O–H groups in total. The SMILES string of the molecule is CSc1cccc(-n2c(=S)[nH]c3cc(Cl)ccc32)c1. The van der Waals surface area contributed by atoms with Crippen LogP contribution in [0.5, 0.6) is 0 Å². The topological polar surface area (TPSA) is 20.7 Å². The van der Waals surface area contributed by atoms with Gasteiger partial charge < -0.3 is 4.98 Å². The van der Waals surface area contributed by atoms with Gasteiger partial charge in [0.1, 0.15) is 0 Å². The minimum absolute atomic E-state index is 0.676. The third-order valence-corrected chi connectivity index (χ3v) is 4.20. The van der Waals surface area contributed by atoms with Crippen LogP contribution in [-0.4, -0.2) is 15.8 Å². The summed E-state index contributed by atoms with van der Waals surface area (Å²) in [6.45, 7) is 0. The van der Waals surface area contributed by atoms with E-state index in [0.29, 0.717) is 9.79 Å². The van der Waals surface area contributed by atoms with E-state index < -0.39 is 0 Å². The van der Waals surface area contributed by atoms with Crippen LogP contribution >= 0.6 is 35.6 Å². The molecule has 0 unspecified atom stereocenters. The summed E-state index contributed by atoms with van der Waals surface area (Å²) in [7, 11) is 0. The van der Waals surface area contributed by atoms with Crippen LogP contribution in [0.2, 0.25) is 5.02 Å². The number of aromatic nitrogens is 2. The van der Waals surface area contributed by atoms with Crippen molar-refractivity contribution in [2.75, 3.05) is 6.26 Å². The molecule has 5 heteroatoms. The molecule has 19 heavy (non-hydrogen) atoms. The normalized spacial score (nSPS) is 11.1. The Morgan fingerprint density at radius 3 is 2.84 bits per heavy atom. The van der Waals surface area contributed by atoms with Gasteiger partial charge in [-0.1, -0.05) is 17.7 Å². The van der Waals surface area contributed by atoms with Gasteiger partial charge >= 0.3 is 0 Å². The molecule has 0 saturated heterocycles. The predicted molar refractivity (Wildman–Crippen MR) is 85.3 cm³/mol. The fourth-order valence-electron chi connectivity index (χ4n) is 2.09. The van der Waals surface area contributed by atoms with E-state index >= 15 is 0 Å². The number of nitrogens with zero attached hydrogens (tertiary/aromatic N) is 1. The molecule has 0 atom stereocenters. The van der Waals surface area contributed by atoms with Crippen LogP contribution < -0.4 is 0 Å². The Morgan fingerprint density at radius 2 is 2.05 bits per heavy atom. The van der Waals surface area contributed by atoms with Gasteiger partial charge in [-0.3, -0.25) is 4.57 Å². The second kappa shape index (κ2) is 5.04. The number of benzene rings is 2. The number of fused-ring (bicyclic) bond motifs is 1. The summed E-state index contributed by atoms with van der Waals surface area (Å²) in [4.78, 5) is 4.40. The Kier molecular flexibility index (Phi) is 3.39. The molecule has 0 spiro atoms. The van der Waals surface area contributed by atoms with E-state index in [9.17, 15) is 0 Å². The van der Waals surface area contributed by atoms with Crippen molar-refractivity contribution in [1.82, 2.24) is 9.55 Å². The molecule has 3 aromatic rings. The van der Waals surface area contributed by atoms with Gasteiger partial charge in [0, 0.05) is 15.6 Å². The molecule has 0 fully saturated rings. The maximum Gasteiger partial charge on any atom is 0.182 e. The Morgan fingerprint density at radius 1 is 1.21 bits per heavy atom. The van der Waals surface area contributed by atoms with Crippen molar-refractivity contribution < 1.29 is 0 Å². The first-order valence-electron chi connectivity index (χ1n) is 5.74. The molecular weight excluding hydrogens is 296 g/mol. The lowest BCUT2D eigenvalue weighted by atomic mass is 10.3. The zero-order valence-corrected chi connectivity index (χ0v) is 12.6. The minimum atomic E-state index is 0.676. The van der Waals surface area contributed by atoms with Gasteiger partial charge in [0.25, 0.3) is 0 Å². The van der Waals surface area contributed by atoms with Gasteiger partial charge in [-0.25, -0.2) is 0 Å². The number of hydrogen-bond acceptors (Lipinski definition) is 2. The molecule has 1 aromatic heterocycles. The van der Waals surface area contributed by atoms with Crippen molar-refractivity contribution in [3.8, 4) is 5.69 Å². The van der Waals surface area contributed by atoms with Gasteiger partial charge in [-0.05, 0) is 54.9 Å². The summed E-state index contributed by atoms with van der Waals surface area (Å²) >= 11 is 13.1. The first-order chi connectivity index (χ1) is 9.19. The average Bonchev–Trinajstić information content (AvgIpc) is 2.73. The van der Waals surface area contributed by atoms with Crippen molar-refractivity contribution in [3.05, 3.63) is 52.3 Å². The maximum absolute atomic E-state index is 6.01. The monoisotopic (exact) mass is 306 g/mol. The highest BCUT2D eigenvalue weighted by Crippen LogP contribution is 2.25. The lowest BCUT2D eigenvalue weighted by Crippen LogP contribution is -1.93. The second-order valence-electron chi connectivity index (χ2n) is 4.13. The number of nitrogens with one attached hydrogen (secondary N) is 1. The van der Waals surface area contributed by atoms with Crippen molar-refractivity contribution in [1.29, 1.82) is 0 Å². The number of thioether (sulfide) groups is 1. The standard InChI is InChI=1S/C14H11ClN2S2/c1-19-11-4-2-3-10(8-11)17-13-6-5-9(15)7-12(13)16-14(17)18/h2-8H,1H3,(H,16,18). The van der Waals surface area contributed by atoms with E-state index in [-0.39, 0.29) is 0 Å². The Balaban J connectivity index is 2.29. The lowest BCUT2D eigenvalue weighted by molar-refractivity contribution is 1.06. The van der Waals surface area contributed by atoms with E-state index in [1.807, 2.05) is 28.8 Å². The van der Waals surface area contributed by atoms with Gasteiger partial charge in [0.2, 0.25) is 0 Å². The Bertz CT molecular complexity index is 805. The second-order valence-corrected chi connectivity index (χ2v) is 5.83. The fourth-order valence-corrected chi connectivity index (χ4v) is 3.03. The largest absolute Gasteiger partial charge is 0.330 e. The fraction of sp³-hybridized carbons (Fsp3) is 0.0714. The minimum Gasteiger partial charge on any atom is -0.330 e. The zero-order chi connectivity index (χ0) is 13.4. The van der Waals surface area contributed by atoms with Gasteiger partial charge in [0.15, 0.2) is 4.77 Å². The van der Waals surface area contributed by atoms with Crippen LogP contribution in [0.3, 0.4) is 0 Å². The van der Waals surface area contributed by atoms with Crippen molar-refractivity contribution in [2.24, 2.45) is 0 Å². The maximum atomic E-state index is 6.01. The molecule has 0 aliphatic rings. The predicted octanol–water partition coefficient (Wildman–Crippen LogP) is 5.06. The number of imidazole rings is 1.